The highest BCUT2D eigenvalue weighted by Crippen LogP contribution is 2.31. The van der Waals surface area contributed by atoms with Crippen molar-refractivity contribution in [2.75, 3.05) is 0 Å². The lowest BCUT2D eigenvalue weighted by molar-refractivity contribution is -0.137. The van der Waals surface area contributed by atoms with Crippen LogP contribution in [0.25, 0.3) is 11.1 Å². The van der Waals surface area contributed by atoms with Crippen LogP contribution in [0.4, 0.5) is 13.2 Å². The van der Waals surface area contributed by atoms with Crippen LogP contribution in [0.15, 0.2) is 48.5 Å². The van der Waals surface area contributed by atoms with Gasteiger partial charge in [-0.2, -0.15) is 13.2 Å². The van der Waals surface area contributed by atoms with Crippen LogP contribution in [0, 0.1) is 0 Å². The topological polar surface area (TPSA) is 9.23 Å². The van der Waals surface area contributed by atoms with Crippen molar-refractivity contribution in [2.24, 2.45) is 0 Å². The average Bonchev–Trinajstić information content (AvgIpc) is 2.56. The molecule has 0 amide bonds. The molecule has 0 aliphatic heterocycles. The van der Waals surface area contributed by atoms with E-state index < -0.39 is 11.7 Å². The zero-order chi connectivity index (χ0) is 16.9. The van der Waals surface area contributed by atoms with Gasteiger partial charge in [0.1, 0.15) is 0 Å². The Morgan fingerprint density at radius 3 is 1.74 bits per heavy atom. The van der Waals surface area contributed by atoms with Crippen LogP contribution in [0.5, 0.6) is 0 Å². The summed E-state index contributed by atoms with van der Waals surface area (Å²) in [5, 5.41) is 0. The van der Waals surface area contributed by atoms with Crippen LogP contribution in [0.2, 0.25) is 12.6 Å². The van der Waals surface area contributed by atoms with Crippen molar-refractivity contribution in [2.45, 2.75) is 39.3 Å². The Balaban J connectivity index is 2.04. The molecule has 0 aromatic heterocycles. The molecule has 0 fully saturated rings. The maximum atomic E-state index is 12.6. The molecule has 0 radical (unpaired) electrons. The first-order valence-electron chi connectivity index (χ1n) is 7.82. The highest BCUT2D eigenvalue weighted by atomic mass is 19.4. The number of halogens is 3. The molecule has 122 valence electrons. The van der Waals surface area contributed by atoms with Crippen LogP contribution in [-0.4, -0.2) is 6.92 Å². The van der Waals surface area contributed by atoms with Crippen LogP contribution in [-0.2, 0) is 17.4 Å². The summed E-state index contributed by atoms with van der Waals surface area (Å²) in [5.41, 5.74) is 2.10. The van der Waals surface area contributed by atoms with E-state index in [4.69, 9.17) is 4.65 Å². The molecule has 0 saturated carbocycles. The van der Waals surface area contributed by atoms with Crippen LogP contribution in [0.1, 0.15) is 25.0 Å². The minimum absolute atomic E-state index is 0.268. The predicted molar refractivity (Wildman–Crippen MR) is 88.4 cm³/mol. The molecule has 1 nitrogen and oxygen atoms in total. The lowest BCUT2D eigenvalue weighted by Gasteiger charge is -2.11. The van der Waals surface area contributed by atoms with Crippen molar-refractivity contribution >= 4 is 6.92 Å². The van der Waals surface area contributed by atoms with Gasteiger partial charge < -0.3 is 4.65 Å². The molecule has 0 heterocycles. The van der Waals surface area contributed by atoms with Gasteiger partial charge in [-0.1, -0.05) is 62.9 Å². The summed E-state index contributed by atoms with van der Waals surface area (Å²) < 4.78 is 43.5. The molecule has 0 atom stereocenters. The number of benzene rings is 2. The zero-order valence-electron chi connectivity index (χ0n) is 13.4. The predicted octanol–water partition coefficient (Wildman–Crippen LogP) is 5.92. The number of rotatable bonds is 6. The van der Waals surface area contributed by atoms with Crippen molar-refractivity contribution in [3.05, 3.63) is 59.7 Å². The zero-order valence-corrected chi connectivity index (χ0v) is 13.4. The van der Waals surface area contributed by atoms with Gasteiger partial charge in [0.15, 0.2) is 0 Å². The molecule has 5 heteroatoms. The Morgan fingerprint density at radius 1 is 0.826 bits per heavy atom. The van der Waals surface area contributed by atoms with Crippen molar-refractivity contribution < 1.29 is 17.8 Å². The second-order valence-corrected chi connectivity index (χ2v) is 5.52. The fourth-order valence-electron chi connectivity index (χ4n) is 2.38. The molecule has 0 N–H and O–H groups in total. The number of hydrogen-bond acceptors (Lipinski definition) is 1. The van der Waals surface area contributed by atoms with Gasteiger partial charge in [-0.15, -0.1) is 0 Å². The van der Waals surface area contributed by atoms with Crippen molar-refractivity contribution in [1.29, 1.82) is 0 Å². The van der Waals surface area contributed by atoms with Gasteiger partial charge in [-0.05, 0) is 28.8 Å². The lowest BCUT2D eigenvalue weighted by Crippen LogP contribution is -2.14. The van der Waals surface area contributed by atoms with E-state index in [-0.39, 0.29) is 6.92 Å². The summed E-state index contributed by atoms with van der Waals surface area (Å²) in [6, 6.07) is 12.9. The van der Waals surface area contributed by atoms with E-state index in [0.717, 1.165) is 41.5 Å². The lowest BCUT2D eigenvalue weighted by atomic mass is 9.62. The SMILES string of the molecule is CCB(CC)OCc1ccc(-c2ccc(C(F)(F)F)cc2)cc1. The van der Waals surface area contributed by atoms with E-state index in [0.29, 0.717) is 6.61 Å². The molecule has 2 aromatic carbocycles. The maximum absolute atomic E-state index is 12.6. The van der Waals surface area contributed by atoms with Gasteiger partial charge in [0.05, 0.1) is 12.2 Å². The standard InChI is InChI=1S/C18H20BF3O/c1-3-19(4-2)23-13-14-5-7-15(8-6-14)16-9-11-17(12-10-16)18(20,21)22/h5-12H,3-4,13H2,1-2H3. The van der Waals surface area contributed by atoms with Crippen molar-refractivity contribution in [1.82, 2.24) is 0 Å². The van der Waals surface area contributed by atoms with Crippen molar-refractivity contribution in [3.8, 4) is 11.1 Å². The third kappa shape index (κ3) is 4.86. The minimum atomic E-state index is -4.30. The summed E-state index contributed by atoms with van der Waals surface area (Å²) in [4.78, 5) is 0. The first kappa shape index (κ1) is 17.6. The maximum Gasteiger partial charge on any atom is 0.416 e. The first-order valence-corrected chi connectivity index (χ1v) is 7.82. The molecule has 0 spiro atoms. The van der Waals surface area contributed by atoms with Gasteiger partial charge in [0.2, 0.25) is 0 Å². The van der Waals surface area contributed by atoms with Crippen molar-refractivity contribution in [3.63, 3.8) is 0 Å². The smallest absolute Gasteiger partial charge is 0.416 e. The Bertz CT molecular complexity index is 602. The normalized spacial score (nSPS) is 11.5. The van der Waals surface area contributed by atoms with Gasteiger partial charge in [0, 0.05) is 0 Å². The summed E-state index contributed by atoms with van der Waals surface area (Å²) in [5.74, 6) is 0. The van der Waals surface area contributed by atoms with E-state index in [2.05, 4.69) is 13.8 Å². The second kappa shape index (κ2) is 7.69. The quantitative estimate of drug-likeness (QED) is 0.600. The Hall–Kier alpha value is -1.75. The molecule has 2 aromatic rings. The van der Waals surface area contributed by atoms with Crippen LogP contribution >= 0.6 is 0 Å². The molecule has 0 unspecified atom stereocenters. The van der Waals surface area contributed by atoms with E-state index in [9.17, 15) is 13.2 Å². The molecular weight excluding hydrogens is 300 g/mol. The second-order valence-electron chi connectivity index (χ2n) is 5.52. The van der Waals surface area contributed by atoms with E-state index in [1.54, 1.807) is 0 Å². The van der Waals surface area contributed by atoms with E-state index >= 15 is 0 Å². The highest BCUT2D eigenvalue weighted by Gasteiger charge is 2.29. The molecule has 0 bridgehead atoms. The van der Waals surface area contributed by atoms with Gasteiger partial charge >= 0.3 is 6.18 Å². The third-order valence-corrected chi connectivity index (χ3v) is 3.90. The Kier molecular flexibility index (Phi) is 5.88. The number of hydrogen-bond donors (Lipinski definition) is 0. The number of alkyl halides is 3. The molecule has 0 saturated heterocycles. The Morgan fingerprint density at radius 2 is 1.30 bits per heavy atom. The monoisotopic (exact) mass is 320 g/mol. The first-order chi connectivity index (χ1) is 10.9. The minimum Gasteiger partial charge on any atom is -0.432 e. The average molecular weight is 320 g/mol. The summed E-state index contributed by atoms with van der Waals surface area (Å²) in [7, 11) is 0. The van der Waals surface area contributed by atoms with E-state index in [1.165, 1.54) is 12.1 Å². The van der Waals surface area contributed by atoms with Gasteiger partial charge in [-0.3, -0.25) is 0 Å². The molecule has 23 heavy (non-hydrogen) atoms. The largest absolute Gasteiger partial charge is 0.432 e. The summed E-state index contributed by atoms with van der Waals surface area (Å²) >= 11 is 0. The Labute approximate surface area is 135 Å². The van der Waals surface area contributed by atoms with Crippen LogP contribution in [0.3, 0.4) is 0 Å². The third-order valence-electron chi connectivity index (χ3n) is 3.90. The summed E-state index contributed by atoms with van der Waals surface area (Å²) in [6.07, 6.45) is -2.32. The molecular formula is C18H20BF3O. The molecule has 0 aliphatic rings. The molecule has 2 rings (SSSR count). The fraction of sp³-hybridized carbons (Fsp3) is 0.333. The van der Waals surface area contributed by atoms with E-state index in [1.807, 2.05) is 24.3 Å². The molecule has 0 aliphatic carbocycles. The highest BCUT2D eigenvalue weighted by molar-refractivity contribution is 6.51. The van der Waals surface area contributed by atoms with Gasteiger partial charge in [-0.25, -0.2) is 0 Å². The van der Waals surface area contributed by atoms with Gasteiger partial charge in [0.25, 0.3) is 6.92 Å². The van der Waals surface area contributed by atoms with Crippen LogP contribution < -0.4 is 0 Å². The fourth-order valence-corrected chi connectivity index (χ4v) is 2.38. The summed E-state index contributed by atoms with van der Waals surface area (Å²) in [6.45, 7) is 5.02.